The maximum atomic E-state index is 12.8. The van der Waals surface area contributed by atoms with Crippen LogP contribution in [0, 0.1) is 11.8 Å². The number of carbonyl (C=O) groups excluding carboxylic acids is 3. The molecule has 5 unspecified atom stereocenters. The summed E-state index contributed by atoms with van der Waals surface area (Å²) in [6.45, 7) is 8.16. The number of hydrogen-bond acceptors (Lipinski definition) is 6. The highest BCUT2D eigenvalue weighted by molar-refractivity contribution is 5.94. The molecular formula is C18H32N4O7. The zero-order valence-electron chi connectivity index (χ0n) is 17.4. The van der Waals surface area contributed by atoms with Gasteiger partial charge in [-0.2, -0.15) is 0 Å². The van der Waals surface area contributed by atoms with Gasteiger partial charge in [-0.15, -0.1) is 0 Å². The number of hydrogen-bond donors (Lipinski definition) is 6. The van der Waals surface area contributed by atoms with E-state index in [4.69, 9.17) is 15.9 Å². The molecule has 0 rings (SSSR count). The van der Waals surface area contributed by atoms with Crippen LogP contribution in [-0.2, 0) is 24.0 Å². The second kappa shape index (κ2) is 12.0. The molecule has 3 amide bonds. The van der Waals surface area contributed by atoms with Crippen molar-refractivity contribution in [3.05, 3.63) is 0 Å². The highest BCUT2D eigenvalue weighted by Crippen LogP contribution is 2.11. The van der Waals surface area contributed by atoms with Crippen LogP contribution in [0.15, 0.2) is 0 Å². The van der Waals surface area contributed by atoms with E-state index in [1.165, 1.54) is 6.92 Å². The molecule has 0 saturated carbocycles. The van der Waals surface area contributed by atoms with E-state index in [1.807, 2.05) is 0 Å². The number of amides is 3. The summed E-state index contributed by atoms with van der Waals surface area (Å²) in [6, 6.07) is -4.54. The average molecular weight is 416 g/mol. The molecule has 0 fully saturated rings. The van der Waals surface area contributed by atoms with E-state index in [2.05, 4.69) is 16.0 Å². The molecule has 29 heavy (non-hydrogen) atoms. The third kappa shape index (κ3) is 8.90. The lowest BCUT2D eigenvalue weighted by Gasteiger charge is -2.29. The van der Waals surface area contributed by atoms with Gasteiger partial charge in [-0.1, -0.05) is 34.1 Å². The summed E-state index contributed by atoms with van der Waals surface area (Å²) in [4.78, 5) is 59.0. The minimum Gasteiger partial charge on any atom is -0.481 e. The summed E-state index contributed by atoms with van der Waals surface area (Å²) in [5, 5.41) is 25.0. The van der Waals surface area contributed by atoms with Crippen molar-refractivity contribution in [3.63, 3.8) is 0 Å². The van der Waals surface area contributed by atoms with Gasteiger partial charge in [0.25, 0.3) is 0 Å². The van der Waals surface area contributed by atoms with E-state index in [0.717, 1.165) is 0 Å². The molecule has 0 aliphatic heterocycles. The first-order valence-corrected chi connectivity index (χ1v) is 9.43. The van der Waals surface area contributed by atoms with Gasteiger partial charge < -0.3 is 31.9 Å². The van der Waals surface area contributed by atoms with Crippen LogP contribution >= 0.6 is 0 Å². The van der Waals surface area contributed by atoms with Gasteiger partial charge in [0.1, 0.15) is 18.1 Å². The standard InChI is InChI=1S/C18H32N4O7/c1-6-9(4)14(22-15(25)11(19)7-12(23)24)17(27)21-13(8(2)3)16(26)20-10(5)18(28)29/h8-11,13-14H,6-7,19H2,1-5H3,(H,20,26)(H,21,27)(H,22,25)(H,23,24)(H,28,29). The zero-order valence-corrected chi connectivity index (χ0v) is 17.4. The van der Waals surface area contributed by atoms with Gasteiger partial charge in [0.15, 0.2) is 0 Å². The summed E-state index contributed by atoms with van der Waals surface area (Å²) >= 11 is 0. The Morgan fingerprint density at radius 1 is 0.828 bits per heavy atom. The number of aliphatic carboxylic acids is 2. The van der Waals surface area contributed by atoms with Crippen LogP contribution in [0.2, 0.25) is 0 Å². The van der Waals surface area contributed by atoms with Crippen molar-refractivity contribution in [1.82, 2.24) is 16.0 Å². The van der Waals surface area contributed by atoms with E-state index >= 15 is 0 Å². The fourth-order valence-electron chi connectivity index (χ4n) is 2.39. The molecule has 0 aliphatic carbocycles. The Balaban J connectivity index is 5.35. The van der Waals surface area contributed by atoms with E-state index < -0.39 is 60.2 Å². The van der Waals surface area contributed by atoms with Gasteiger partial charge in [-0.05, 0) is 18.8 Å². The highest BCUT2D eigenvalue weighted by atomic mass is 16.4. The molecule has 0 aromatic heterocycles. The second-order valence-electron chi connectivity index (χ2n) is 7.37. The molecule has 0 radical (unpaired) electrons. The van der Waals surface area contributed by atoms with E-state index in [-0.39, 0.29) is 11.8 Å². The first kappa shape index (κ1) is 26.3. The van der Waals surface area contributed by atoms with Gasteiger partial charge >= 0.3 is 11.9 Å². The molecule has 11 nitrogen and oxygen atoms in total. The van der Waals surface area contributed by atoms with Gasteiger partial charge in [0.05, 0.1) is 12.5 Å². The molecular weight excluding hydrogens is 384 g/mol. The molecule has 166 valence electrons. The lowest BCUT2D eigenvalue weighted by molar-refractivity contribution is -0.142. The minimum atomic E-state index is -1.33. The maximum Gasteiger partial charge on any atom is 0.325 e. The van der Waals surface area contributed by atoms with Crippen LogP contribution in [0.25, 0.3) is 0 Å². The molecule has 0 heterocycles. The van der Waals surface area contributed by atoms with Crippen molar-refractivity contribution in [1.29, 1.82) is 0 Å². The first-order valence-electron chi connectivity index (χ1n) is 9.43. The molecule has 0 saturated heterocycles. The zero-order chi connectivity index (χ0) is 22.9. The Bertz CT molecular complexity index is 623. The Kier molecular flexibility index (Phi) is 10.9. The topological polar surface area (TPSA) is 188 Å². The smallest absolute Gasteiger partial charge is 0.325 e. The molecule has 5 atom stereocenters. The van der Waals surface area contributed by atoms with E-state index in [0.29, 0.717) is 6.42 Å². The summed E-state index contributed by atoms with van der Waals surface area (Å²) in [7, 11) is 0. The van der Waals surface area contributed by atoms with Crippen molar-refractivity contribution in [2.24, 2.45) is 17.6 Å². The number of carboxylic acid groups (broad SMARTS) is 2. The minimum absolute atomic E-state index is 0.329. The summed E-state index contributed by atoms with van der Waals surface area (Å²) < 4.78 is 0. The SMILES string of the molecule is CCC(C)C(NC(=O)C(N)CC(=O)O)C(=O)NC(C(=O)NC(C)C(=O)O)C(C)C. The summed E-state index contributed by atoms with van der Waals surface area (Å²) in [5.74, 6) is -5.26. The van der Waals surface area contributed by atoms with Gasteiger partial charge in [-0.3, -0.25) is 24.0 Å². The Labute approximate surface area is 169 Å². The Morgan fingerprint density at radius 2 is 1.31 bits per heavy atom. The number of rotatable bonds is 12. The van der Waals surface area contributed by atoms with Crippen LogP contribution < -0.4 is 21.7 Å². The van der Waals surface area contributed by atoms with Crippen molar-refractivity contribution in [2.45, 2.75) is 71.6 Å². The largest absolute Gasteiger partial charge is 0.481 e. The quantitative estimate of drug-likeness (QED) is 0.235. The van der Waals surface area contributed by atoms with Crippen LogP contribution in [0.4, 0.5) is 0 Å². The first-order chi connectivity index (χ1) is 13.3. The fraction of sp³-hybridized carbons (Fsp3) is 0.722. The average Bonchev–Trinajstić information content (AvgIpc) is 2.61. The van der Waals surface area contributed by atoms with Crippen molar-refractivity contribution in [3.8, 4) is 0 Å². The van der Waals surface area contributed by atoms with Gasteiger partial charge in [0.2, 0.25) is 17.7 Å². The van der Waals surface area contributed by atoms with Gasteiger partial charge in [-0.25, -0.2) is 0 Å². The normalized spacial score (nSPS) is 16.1. The molecule has 0 bridgehead atoms. The van der Waals surface area contributed by atoms with Crippen LogP contribution in [0.3, 0.4) is 0 Å². The van der Waals surface area contributed by atoms with Crippen molar-refractivity contribution in [2.75, 3.05) is 0 Å². The summed E-state index contributed by atoms with van der Waals surface area (Å²) in [6.07, 6.45) is -0.0775. The van der Waals surface area contributed by atoms with E-state index in [9.17, 15) is 24.0 Å². The third-order valence-corrected chi connectivity index (χ3v) is 4.50. The maximum absolute atomic E-state index is 12.8. The molecule has 0 aliphatic rings. The monoisotopic (exact) mass is 416 g/mol. The Morgan fingerprint density at radius 3 is 1.72 bits per heavy atom. The molecule has 11 heteroatoms. The lowest BCUT2D eigenvalue weighted by Crippen LogP contribution is -2.59. The fourth-order valence-corrected chi connectivity index (χ4v) is 2.39. The van der Waals surface area contributed by atoms with E-state index in [1.54, 1.807) is 27.7 Å². The molecule has 0 aromatic carbocycles. The van der Waals surface area contributed by atoms with Crippen LogP contribution in [0.1, 0.15) is 47.5 Å². The predicted octanol–water partition coefficient (Wildman–Crippen LogP) is -0.951. The Hall–Kier alpha value is -2.69. The molecule has 0 spiro atoms. The third-order valence-electron chi connectivity index (χ3n) is 4.50. The number of carbonyl (C=O) groups is 5. The van der Waals surface area contributed by atoms with Crippen LogP contribution in [0.5, 0.6) is 0 Å². The highest BCUT2D eigenvalue weighted by Gasteiger charge is 2.33. The second-order valence-corrected chi connectivity index (χ2v) is 7.37. The van der Waals surface area contributed by atoms with Crippen molar-refractivity contribution < 1.29 is 34.2 Å². The number of nitrogens with one attached hydrogen (secondary N) is 3. The van der Waals surface area contributed by atoms with Crippen LogP contribution in [-0.4, -0.2) is 64.0 Å². The number of nitrogens with two attached hydrogens (primary N) is 1. The van der Waals surface area contributed by atoms with Crippen molar-refractivity contribution >= 4 is 29.7 Å². The summed E-state index contributed by atoms with van der Waals surface area (Å²) in [5.41, 5.74) is 5.54. The lowest BCUT2D eigenvalue weighted by atomic mass is 9.96. The molecule has 7 N–H and O–H groups in total. The van der Waals surface area contributed by atoms with Gasteiger partial charge in [0, 0.05) is 0 Å². The number of carboxylic acids is 2. The predicted molar refractivity (Wildman–Crippen MR) is 104 cm³/mol. The molecule has 0 aromatic rings.